The van der Waals surface area contributed by atoms with Gasteiger partial charge in [-0.3, -0.25) is 19.0 Å². The molecular weight excluding hydrogens is 347 g/mol. The molecule has 1 aromatic carbocycles. The number of carboxylic acids is 1. The molecule has 2 aliphatic heterocycles. The van der Waals surface area contributed by atoms with E-state index in [9.17, 15) is 14.2 Å². The first kappa shape index (κ1) is 18.1. The Balaban J connectivity index is 1.70. The van der Waals surface area contributed by atoms with Crippen molar-refractivity contribution in [3.63, 3.8) is 0 Å². The quantitative estimate of drug-likeness (QED) is 0.666. The number of benzene rings is 1. The molecule has 5 atom stereocenters. The summed E-state index contributed by atoms with van der Waals surface area (Å²) in [6, 6.07) is 6.77. The lowest BCUT2D eigenvalue weighted by Crippen LogP contribution is -2.41. The summed E-state index contributed by atoms with van der Waals surface area (Å²) in [4.78, 5) is 25.3. The Bertz CT molecular complexity index is 697. The van der Waals surface area contributed by atoms with E-state index in [0.29, 0.717) is 6.54 Å². The van der Waals surface area contributed by atoms with Crippen molar-refractivity contribution in [2.45, 2.75) is 25.4 Å². The van der Waals surface area contributed by atoms with Crippen molar-refractivity contribution in [3.8, 4) is 5.75 Å². The van der Waals surface area contributed by atoms with Crippen molar-refractivity contribution < 1.29 is 28.3 Å². The van der Waals surface area contributed by atoms with E-state index < -0.39 is 25.8 Å². The van der Waals surface area contributed by atoms with Crippen molar-refractivity contribution >= 4 is 19.5 Å². The Kier molecular flexibility index (Phi) is 5.24. The lowest BCUT2D eigenvalue weighted by atomic mass is 9.99. The molecule has 2 heterocycles. The maximum atomic E-state index is 13.0. The van der Waals surface area contributed by atoms with Crippen LogP contribution in [0, 0.1) is 5.92 Å². The van der Waals surface area contributed by atoms with Crippen molar-refractivity contribution in [1.82, 2.24) is 9.99 Å². The summed E-state index contributed by atoms with van der Waals surface area (Å²) in [5.74, 6) is -0.784. The molecule has 0 amide bonds. The van der Waals surface area contributed by atoms with Crippen LogP contribution in [0.1, 0.15) is 13.3 Å². The van der Waals surface area contributed by atoms with E-state index in [1.165, 1.54) is 6.92 Å². The smallest absolute Gasteiger partial charge is 0.459 e. The lowest BCUT2D eigenvalue weighted by Gasteiger charge is -2.27. The Morgan fingerprint density at radius 2 is 2.16 bits per heavy atom. The summed E-state index contributed by atoms with van der Waals surface area (Å²) < 4.78 is 23.9. The van der Waals surface area contributed by atoms with E-state index in [-0.39, 0.29) is 24.1 Å². The Morgan fingerprint density at radius 3 is 2.76 bits per heavy atom. The molecule has 0 radical (unpaired) electrons. The molecule has 2 saturated heterocycles. The second-order valence-corrected chi connectivity index (χ2v) is 7.98. The molecule has 2 N–H and O–H groups in total. The van der Waals surface area contributed by atoms with Crippen LogP contribution in [0.4, 0.5) is 0 Å². The number of fused-ring (bicyclic) bond motifs is 2. The van der Waals surface area contributed by atoms with Gasteiger partial charge in [-0.25, -0.2) is 4.57 Å². The van der Waals surface area contributed by atoms with Gasteiger partial charge in [-0.15, -0.1) is 0 Å². The van der Waals surface area contributed by atoms with E-state index in [0.717, 1.165) is 13.0 Å². The number of aliphatic carboxylic acids is 1. The molecule has 8 nitrogen and oxygen atoms in total. The molecule has 2 fully saturated rings. The topological polar surface area (TPSA) is 105 Å². The third-order valence-electron chi connectivity index (χ3n) is 4.48. The van der Waals surface area contributed by atoms with Gasteiger partial charge in [0.25, 0.3) is 0 Å². The Labute approximate surface area is 145 Å². The predicted molar refractivity (Wildman–Crippen MR) is 89.3 cm³/mol. The van der Waals surface area contributed by atoms with Gasteiger partial charge in [-0.05, 0) is 32.0 Å². The highest BCUT2D eigenvalue weighted by Gasteiger charge is 2.46. The summed E-state index contributed by atoms with van der Waals surface area (Å²) in [5.41, 5.74) is 0. The summed E-state index contributed by atoms with van der Waals surface area (Å²) >= 11 is 0. The first-order valence-corrected chi connectivity index (χ1v) is 9.70. The Hall–Kier alpha value is -1.73. The number of hydrogen-bond acceptors (Lipinski definition) is 6. The SMILES string of the molecule is CC(NP(=O)(OC[C@H]1C(=O)C2CCN1C2)Oc1ccccc1)C(=O)O. The van der Waals surface area contributed by atoms with Gasteiger partial charge in [-0.2, -0.15) is 5.09 Å². The molecule has 25 heavy (non-hydrogen) atoms. The molecule has 2 aliphatic rings. The van der Waals surface area contributed by atoms with Gasteiger partial charge in [0.1, 0.15) is 11.8 Å². The summed E-state index contributed by atoms with van der Waals surface area (Å²) in [6.45, 7) is 2.76. The molecular formula is C16H21N2O6P. The Morgan fingerprint density at radius 1 is 1.44 bits per heavy atom. The molecule has 0 aliphatic carbocycles. The fourth-order valence-electron chi connectivity index (χ4n) is 3.11. The zero-order valence-corrected chi connectivity index (χ0v) is 14.7. The monoisotopic (exact) mass is 368 g/mol. The minimum Gasteiger partial charge on any atom is -0.480 e. The molecule has 0 aromatic heterocycles. The standard InChI is InChI=1S/C16H21N2O6P/c1-11(16(20)21)17-25(22,24-13-5-3-2-4-6-13)23-10-14-15(19)12-7-8-18(14)9-12/h2-6,11-12,14H,7-10H2,1H3,(H,17,22)(H,20,21)/t11?,12?,14-,25?/m0/s1. The molecule has 4 unspecified atom stereocenters. The maximum absolute atomic E-state index is 13.0. The van der Waals surface area contributed by atoms with Crippen molar-refractivity contribution in [3.05, 3.63) is 30.3 Å². The number of nitrogens with one attached hydrogen (secondary N) is 1. The average molecular weight is 368 g/mol. The highest BCUT2D eigenvalue weighted by Crippen LogP contribution is 2.45. The molecule has 1 aromatic rings. The van der Waals surface area contributed by atoms with E-state index in [4.69, 9.17) is 14.2 Å². The van der Waals surface area contributed by atoms with Crippen LogP contribution in [-0.4, -0.2) is 53.5 Å². The van der Waals surface area contributed by atoms with Gasteiger partial charge in [0.15, 0.2) is 5.78 Å². The van der Waals surface area contributed by atoms with Crippen LogP contribution in [-0.2, 0) is 18.7 Å². The molecule has 2 bridgehead atoms. The van der Waals surface area contributed by atoms with Crippen LogP contribution in [0.15, 0.2) is 30.3 Å². The number of rotatable bonds is 8. The highest BCUT2D eigenvalue weighted by molar-refractivity contribution is 7.52. The molecule has 136 valence electrons. The third kappa shape index (κ3) is 4.10. The number of ketones is 1. The fraction of sp³-hybridized carbons (Fsp3) is 0.500. The first-order valence-electron chi connectivity index (χ1n) is 8.15. The van der Waals surface area contributed by atoms with Crippen LogP contribution in [0.3, 0.4) is 0 Å². The van der Waals surface area contributed by atoms with Crippen LogP contribution < -0.4 is 9.61 Å². The van der Waals surface area contributed by atoms with Crippen LogP contribution in [0.25, 0.3) is 0 Å². The predicted octanol–water partition coefficient (Wildman–Crippen LogP) is 1.53. The number of nitrogens with zero attached hydrogens (tertiary/aromatic N) is 1. The summed E-state index contributed by atoms with van der Waals surface area (Å²) in [7, 11) is -3.96. The van der Waals surface area contributed by atoms with Crippen LogP contribution in [0.2, 0.25) is 0 Å². The van der Waals surface area contributed by atoms with E-state index in [1.54, 1.807) is 30.3 Å². The number of hydrogen-bond donors (Lipinski definition) is 2. The van der Waals surface area contributed by atoms with Crippen molar-refractivity contribution in [2.75, 3.05) is 19.7 Å². The van der Waals surface area contributed by atoms with Gasteiger partial charge < -0.3 is 9.63 Å². The van der Waals surface area contributed by atoms with Gasteiger partial charge in [0, 0.05) is 12.5 Å². The van der Waals surface area contributed by atoms with E-state index >= 15 is 0 Å². The summed E-state index contributed by atoms with van der Waals surface area (Å²) in [5, 5.41) is 11.5. The number of carbonyl (C=O) groups is 2. The van der Waals surface area contributed by atoms with Gasteiger partial charge in [0.2, 0.25) is 0 Å². The molecule has 0 saturated carbocycles. The average Bonchev–Trinajstić information content (AvgIpc) is 3.15. The first-order chi connectivity index (χ1) is 11.9. The second-order valence-electron chi connectivity index (χ2n) is 6.29. The lowest BCUT2D eigenvalue weighted by molar-refractivity contribution is -0.138. The normalized spacial score (nSPS) is 28.5. The number of carboxylic acid groups (broad SMARTS) is 1. The van der Waals surface area contributed by atoms with Crippen molar-refractivity contribution in [2.24, 2.45) is 5.92 Å². The number of para-hydroxylation sites is 1. The molecule has 3 rings (SSSR count). The summed E-state index contributed by atoms with van der Waals surface area (Å²) in [6.07, 6.45) is 0.849. The number of piperidine rings is 1. The largest absolute Gasteiger partial charge is 0.480 e. The highest BCUT2D eigenvalue weighted by atomic mass is 31.2. The number of carbonyl (C=O) groups excluding carboxylic acids is 1. The minimum atomic E-state index is -3.96. The molecule has 9 heteroatoms. The zero-order chi connectivity index (χ0) is 18.0. The second kappa shape index (κ2) is 7.25. The van der Waals surface area contributed by atoms with Crippen LogP contribution in [0.5, 0.6) is 5.75 Å². The zero-order valence-electron chi connectivity index (χ0n) is 13.8. The fourth-order valence-corrected chi connectivity index (χ4v) is 4.61. The number of Topliss-reactive ketones (excluding diaryl/α,β-unsaturated/α-hetero) is 1. The van der Waals surface area contributed by atoms with E-state index in [1.807, 2.05) is 4.90 Å². The third-order valence-corrected chi connectivity index (χ3v) is 6.13. The van der Waals surface area contributed by atoms with Gasteiger partial charge >= 0.3 is 13.7 Å². The van der Waals surface area contributed by atoms with Crippen LogP contribution >= 0.6 is 7.75 Å². The minimum absolute atomic E-state index is 0.0222. The molecule has 0 spiro atoms. The van der Waals surface area contributed by atoms with Gasteiger partial charge in [0.05, 0.1) is 12.6 Å². The van der Waals surface area contributed by atoms with Gasteiger partial charge in [-0.1, -0.05) is 18.2 Å². The maximum Gasteiger partial charge on any atom is 0.459 e. The van der Waals surface area contributed by atoms with E-state index in [2.05, 4.69) is 5.09 Å². The van der Waals surface area contributed by atoms with Crippen molar-refractivity contribution in [1.29, 1.82) is 0 Å².